The molecule has 2 aliphatic rings. The van der Waals surface area contributed by atoms with Crippen LogP contribution in [0.15, 0.2) is 186 Å². The third-order valence-corrected chi connectivity index (χ3v) is 12.8. The van der Waals surface area contributed by atoms with Gasteiger partial charge in [-0.05, 0) is 64.9 Å². The second kappa shape index (κ2) is 12.8. The normalized spacial score (nSPS) is 14.5. The molecule has 1 atom stereocenters. The Kier molecular flexibility index (Phi) is 7.22. The Hall–Kier alpha value is -7.02. The van der Waals surface area contributed by atoms with Crippen LogP contribution in [0.1, 0.15) is 22.7 Å². The molecule has 0 fully saturated rings. The summed E-state index contributed by atoms with van der Waals surface area (Å²) in [5, 5.41) is 3.68. The molecular formula is C51H33N5S. The Balaban J connectivity index is 1.21. The molecule has 3 aromatic heterocycles. The van der Waals surface area contributed by atoms with E-state index in [-0.39, 0.29) is 0 Å². The average molecular weight is 748 g/mol. The molecule has 57 heavy (non-hydrogen) atoms. The SMILES string of the molecule is C1=C2Sc3ccccc3C2Cc2c1n(-c1cccc(-n3c4ccccc4c4ccccc43)c1-c1nc(-c3ccccc3)nc(-c3ccccc3)n1)c1ccccc21. The van der Waals surface area contributed by atoms with Crippen molar-refractivity contribution in [3.8, 4) is 45.5 Å². The van der Waals surface area contributed by atoms with Gasteiger partial charge in [0.1, 0.15) is 0 Å². The van der Waals surface area contributed by atoms with Crippen LogP contribution in [0.4, 0.5) is 0 Å². The number of fused-ring (bicyclic) bond motifs is 9. The van der Waals surface area contributed by atoms with E-state index in [1.165, 1.54) is 48.3 Å². The molecule has 12 rings (SSSR count). The maximum atomic E-state index is 5.40. The van der Waals surface area contributed by atoms with Crippen molar-refractivity contribution in [2.45, 2.75) is 17.2 Å². The second-order valence-corrected chi connectivity index (χ2v) is 15.9. The fourth-order valence-electron chi connectivity index (χ4n) is 9.08. The van der Waals surface area contributed by atoms with Crippen molar-refractivity contribution in [2.75, 3.05) is 0 Å². The molecule has 7 aromatic carbocycles. The molecule has 1 unspecified atom stereocenters. The lowest BCUT2D eigenvalue weighted by molar-refractivity contribution is 0.811. The van der Waals surface area contributed by atoms with Gasteiger partial charge >= 0.3 is 0 Å². The van der Waals surface area contributed by atoms with Crippen LogP contribution in [0.3, 0.4) is 0 Å². The lowest BCUT2D eigenvalue weighted by Gasteiger charge is -2.22. The van der Waals surface area contributed by atoms with Crippen LogP contribution in [0, 0.1) is 0 Å². The average Bonchev–Trinajstić information content (AvgIpc) is 3.93. The first kappa shape index (κ1) is 32.2. The smallest absolute Gasteiger partial charge is 0.168 e. The summed E-state index contributed by atoms with van der Waals surface area (Å²) in [6.45, 7) is 0. The van der Waals surface area contributed by atoms with Crippen LogP contribution in [0.25, 0.3) is 84.3 Å². The summed E-state index contributed by atoms with van der Waals surface area (Å²) in [6, 6.07) is 62.3. The molecule has 268 valence electrons. The molecule has 0 N–H and O–H groups in total. The molecule has 10 aromatic rings. The van der Waals surface area contributed by atoms with Gasteiger partial charge in [-0.3, -0.25) is 0 Å². The molecule has 0 saturated heterocycles. The van der Waals surface area contributed by atoms with Gasteiger partial charge in [0.2, 0.25) is 0 Å². The lowest BCUT2D eigenvalue weighted by atomic mass is 9.86. The van der Waals surface area contributed by atoms with E-state index in [1.54, 1.807) is 0 Å². The first-order valence-corrected chi connectivity index (χ1v) is 20.2. The van der Waals surface area contributed by atoms with E-state index < -0.39 is 0 Å². The zero-order chi connectivity index (χ0) is 37.5. The topological polar surface area (TPSA) is 48.5 Å². The molecule has 4 heterocycles. The first-order valence-electron chi connectivity index (χ1n) is 19.4. The summed E-state index contributed by atoms with van der Waals surface area (Å²) in [6.07, 6.45) is 3.39. The van der Waals surface area contributed by atoms with Gasteiger partial charge in [-0.25, -0.2) is 15.0 Å². The van der Waals surface area contributed by atoms with Crippen molar-refractivity contribution in [1.82, 2.24) is 24.1 Å². The van der Waals surface area contributed by atoms with E-state index in [2.05, 4.69) is 155 Å². The van der Waals surface area contributed by atoms with Gasteiger partial charge < -0.3 is 9.13 Å². The van der Waals surface area contributed by atoms with Crippen LogP contribution >= 0.6 is 11.8 Å². The third kappa shape index (κ3) is 5.00. The Labute approximate surface area is 333 Å². The van der Waals surface area contributed by atoms with Crippen molar-refractivity contribution in [3.63, 3.8) is 0 Å². The van der Waals surface area contributed by atoms with Crippen LogP contribution in [0.2, 0.25) is 0 Å². The second-order valence-electron chi connectivity index (χ2n) is 14.7. The summed E-state index contributed by atoms with van der Waals surface area (Å²) in [7, 11) is 0. The number of hydrogen-bond donors (Lipinski definition) is 0. The highest BCUT2D eigenvalue weighted by atomic mass is 32.2. The van der Waals surface area contributed by atoms with Gasteiger partial charge in [-0.1, -0.05) is 151 Å². The number of thioether (sulfide) groups is 1. The number of hydrogen-bond acceptors (Lipinski definition) is 4. The van der Waals surface area contributed by atoms with E-state index >= 15 is 0 Å². The van der Waals surface area contributed by atoms with Gasteiger partial charge in [-0.2, -0.15) is 0 Å². The Morgan fingerprint density at radius 1 is 0.456 bits per heavy atom. The molecule has 0 amide bonds. The van der Waals surface area contributed by atoms with Crippen LogP contribution in [-0.4, -0.2) is 24.1 Å². The third-order valence-electron chi connectivity index (χ3n) is 11.6. The lowest BCUT2D eigenvalue weighted by Crippen LogP contribution is -2.11. The van der Waals surface area contributed by atoms with Crippen LogP contribution in [-0.2, 0) is 6.42 Å². The van der Waals surface area contributed by atoms with Crippen molar-refractivity contribution in [2.24, 2.45) is 0 Å². The molecule has 0 bridgehead atoms. The van der Waals surface area contributed by atoms with Gasteiger partial charge in [0.05, 0.1) is 39.2 Å². The number of nitrogens with zero attached hydrogens (tertiary/aromatic N) is 5. The Bertz CT molecular complexity index is 3140. The van der Waals surface area contributed by atoms with Crippen molar-refractivity contribution in [1.29, 1.82) is 0 Å². The molecule has 1 aliphatic heterocycles. The van der Waals surface area contributed by atoms with Gasteiger partial charge in [0, 0.05) is 38.1 Å². The highest BCUT2D eigenvalue weighted by Crippen LogP contribution is 2.54. The maximum absolute atomic E-state index is 5.40. The van der Waals surface area contributed by atoms with E-state index in [1.807, 2.05) is 48.2 Å². The highest BCUT2D eigenvalue weighted by molar-refractivity contribution is 8.03. The van der Waals surface area contributed by atoms with E-state index in [4.69, 9.17) is 15.0 Å². The minimum Gasteiger partial charge on any atom is -0.309 e. The monoisotopic (exact) mass is 747 g/mol. The van der Waals surface area contributed by atoms with E-state index in [9.17, 15) is 0 Å². The quantitative estimate of drug-likeness (QED) is 0.176. The molecule has 5 nitrogen and oxygen atoms in total. The predicted molar refractivity (Wildman–Crippen MR) is 234 cm³/mol. The zero-order valence-electron chi connectivity index (χ0n) is 30.7. The minimum atomic E-state index is 0.353. The zero-order valence-corrected chi connectivity index (χ0v) is 31.6. The van der Waals surface area contributed by atoms with Gasteiger partial charge in [-0.15, -0.1) is 0 Å². The minimum absolute atomic E-state index is 0.353. The number of allylic oxidation sites excluding steroid dienone is 1. The highest BCUT2D eigenvalue weighted by Gasteiger charge is 2.35. The largest absolute Gasteiger partial charge is 0.309 e. The van der Waals surface area contributed by atoms with Crippen LogP contribution < -0.4 is 0 Å². The first-order chi connectivity index (χ1) is 28.3. The number of aromatic nitrogens is 5. The van der Waals surface area contributed by atoms with E-state index in [0.29, 0.717) is 23.4 Å². The van der Waals surface area contributed by atoms with Crippen molar-refractivity contribution < 1.29 is 0 Å². The number of rotatable bonds is 5. The van der Waals surface area contributed by atoms with Gasteiger partial charge in [0.15, 0.2) is 17.5 Å². The fraction of sp³-hybridized carbons (Fsp3) is 0.0392. The summed E-state index contributed by atoms with van der Waals surface area (Å²) in [4.78, 5) is 18.7. The molecular weight excluding hydrogens is 715 g/mol. The standard InChI is InChI=1S/C51H33N5S/c1-3-16-32(17-4-1)49-52-50(33-18-5-2-6-19-33)54-51(53-49)48-43(55-40-24-11-7-20-34(40)35-21-8-12-25-41(35)55)27-15-28-44(48)56-42-26-13-9-22-36(42)38-30-39-37-23-10-14-29-46(37)57-47(39)31-45(38)56/h1-29,31,39H,30H2. The van der Waals surface area contributed by atoms with E-state index in [0.717, 1.165) is 45.5 Å². The summed E-state index contributed by atoms with van der Waals surface area (Å²) >= 11 is 1.91. The summed E-state index contributed by atoms with van der Waals surface area (Å²) in [5.41, 5.74) is 12.3. The van der Waals surface area contributed by atoms with Crippen molar-refractivity contribution in [3.05, 3.63) is 198 Å². The predicted octanol–water partition coefficient (Wildman–Crippen LogP) is 12.7. The number of para-hydroxylation sites is 3. The maximum Gasteiger partial charge on any atom is 0.168 e. The van der Waals surface area contributed by atoms with Crippen molar-refractivity contribution >= 4 is 50.5 Å². The molecule has 0 spiro atoms. The summed E-state index contributed by atoms with van der Waals surface area (Å²) < 4.78 is 4.87. The molecule has 0 radical (unpaired) electrons. The summed E-state index contributed by atoms with van der Waals surface area (Å²) in [5.74, 6) is 2.23. The Morgan fingerprint density at radius 3 is 1.61 bits per heavy atom. The Morgan fingerprint density at radius 2 is 0.965 bits per heavy atom. The fourth-order valence-corrected chi connectivity index (χ4v) is 10.3. The number of benzene rings is 7. The van der Waals surface area contributed by atoms with Gasteiger partial charge in [0.25, 0.3) is 0 Å². The molecule has 1 aliphatic carbocycles. The molecule has 6 heteroatoms. The molecule has 0 saturated carbocycles. The van der Waals surface area contributed by atoms with Crippen LogP contribution in [0.5, 0.6) is 0 Å².